The summed E-state index contributed by atoms with van der Waals surface area (Å²) in [6.07, 6.45) is 0.964. The molecule has 1 N–H and O–H groups in total. The van der Waals surface area contributed by atoms with Crippen molar-refractivity contribution in [2.45, 2.75) is 32.1 Å². The van der Waals surface area contributed by atoms with E-state index >= 15 is 0 Å². The van der Waals surface area contributed by atoms with E-state index in [2.05, 4.69) is 19.2 Å². The van der Waals surface area contributed by atoms with Gasteiger partial charge in [0.2, 0.25) is 5.91 Å². The molecule has 1 aromatic carbocycles. The summed E-state index contributed by atoms with van der Waals surface area (Å²) >= 11 is 1.54. The minimum Gasteiger partial charge on any atom is -0.352 e. The summed E-state index contributed by atoms with van der Waals surface area (Å²) in [6.45, 7) is 7.52. The molecular weight excluding hydrogens is 284 g/mol. The van der Waals surface area contributed by atoms with Crippen molar-refractivity contribution < 1.29 is 9.59 Å². The average molecular weight is 306 g/mol. The van der Waals surface area contributed by atoms with E-state index < -0.39 is 0 Å². The fourth-order valence-corrected chi connectivity index (χ4v) is 3.18. The van der Waals surface area contributed by atoms with Gasteiger partial charge in [-0.1, -0.05) is 13.8 Å². The summed E-state index contributed by atoms with van der Waals surface area (Å²) in [4.78, 5) is 26.9. The van der Waals surface area contributed by atoms with Crippen LogP contribution in [0.1, 0.15) is 37.6 Å². The third-order valence-corrected chi connectivity index (χ3v) is 4.54. The Bertz CT molecular complexity index is 543. The predicted octanol–water partition coefficient (Wildman–Crippen LogP) is 2.92. The fraction of sp³-hybridized carbons (Fsp3) is 0.500. The van der Waals surface area contributed by atoms with Crippen LogP contribution in [0.15, 0.2) is 23.1 Å². The summed E-state index contributed by atoms with van der Waals surface area (Å²) in [7, 11) is 0. The van der Waals surface area contributed by atoms with Crippen LogP contribution in [0.25, 0.3) is 0 Å². The summed E-state index contributed by atoms with van der Waals surface area (Å²) in [5.74, 6) is 1.07. The number of thioether (sulfide) groups is 1. The largest absolute Gasteiger partial charge is 0.352 e. The van der Waals surface area contributed by atoms with Gasteiger partial charge in [-0.25, -0.2) is 0 Å². The van der Waals surface area contributed by atoms with Crippen LogP contribution in [0.2, 0.25) is 0 Å². The van der Waals surface area contributed by atoms with Gasteiger partial charge in [0.25, 0.3) is 5.91 Å². The molecule has 0 saturated carbocycles. The van der Waals surface area contributed by atoms with Crippen molar-refractivity contribution in [1.29, 1.82) is 0 Å². The van der Waals surface area contributed by atoms with Crippen LogP contribution in [0.5, 0.6) is 0 Å². The Morgan fingerprint density at radius 3 is 2.86 bits per heavy atom. The van der Waals surface area contributed by atoms with E-state index in [4.69, 9.17) is 0 Å². The Morgan fingerprint density at radius 2 is 2.19 bits per heavy atom. The lowest BCUT2D eigenvalue weighted by Gasteiger charge is -2.28. The lowest BCUT2D eigenvalue weighted by molar-refractivity contribution is -0.116. The maximum atomic E-state index is 12.2. The first-order chi connectivity index (χ1) is 10.0. The van der Waals surface area contributed by atoms with Crippen molar-refractivity contribution in [2.24, 2.45) is 5.92 Å². The normalized spacial score (nSPS) is 14.3. The monoisotopic (exact) mass is 306 g/mol. The topological polar surface area (TPSA) is 49.4 Å². The Morgan fingerprint density at radius 1 is 1.43 bits per heavy atom. The third kappa shape index (κ3) is 3.79. The zero-order chi connectivity index (χ0) is 15.4. The van der Waals surface area contributed by atoms with Gasteiger partial charge in [0, 0.05) is 23.5 Å². The van der Waals surface area contributed by atoms with Gasteiger partial charge >= 0.3 is 0 Å². The first-order valence-electron chi connectivity index (χ1n) is 7.38. The van der Waals surface area contributed by atoms with Crippen molar-refractivity contribution in [3.63, 3.8) is 0 Å². The third-order valence-electron chi connectivity index (χ3n) is 3.49. The van der Waals surface area contributed by atoms with Crippen LogP contribution in [-0.2, 0) is 4.79 Å². The van der Waals surface area contributed by atoms with E-state index in [1.54, 1.807) is 4.90 Å². The van der Waals surface area contributed by atoms with Crippen LogP contribution in [0, 0.1) is 5.92 Å². The molecule has 0 saturated heterocycles. The number of anilines is 1. The van der Waals surface area contributed by atoms with E-state index in [-0.39, 0.29) is 11.8 Å². The number of nitrogens with one attached hydrogen (secondary N) is 1. The number of hydrogen-bond donors (Lipinski definition) is 1. The Kier molecular flexibility index (Phi) is 5.28. The number of carbonyl (C=O) groups is 2. The molecule has 0 aromatic heterocycles. The molecule has 0 radical (unpaired) electrons. The summed E-state index contributed by atoms with van der Waals surface area (Å²) < 4.78 is 0. The van der Waals surface area contributed by atoms with Gasteiger partial charge in [-0.2, -0.15) is 0 Å². The molecule has 5 heteroatoms. The zero-order valence-electron chi connectivity index (χ0n) is 12.8. The van der Waals surface area contributed by atoms with Crippen LogP contribution < -0.4 is 10.2 Å². The van der Waals surface area contributed by atoms with Gasteiger partial charge in [-0.15, -0.1) is 11.8 Å². The van der Waals surface area contributed by atoms with E-state index in [1.807, 2.05) is 25.1 Å². The highest BCUT2D eigenvalue weighted by atomic mass is 32.2. The van der Waals surface area contributed by atoms with Crippen molar-refractivity contribution in [2.75, 3.05) is 23.7 Å². The Hall–Kier alpha value is -1.49. The molecule has 0 aliphatic carbocycles. The fourth-order valence-electron chi connectivity index (χ4n) is 2.27. The maximum Gasteiger partial charge on any atom is 0.251 e. The van der Waals surface area contributed by atoms with Gasteiger partial charge in [0.15, 0.2) is 0 Å². The second-order valence-corrected chi connectivity index (χ2v) is 6.56. The van der Waals surface area contributed by atoms with Crippen molar-refractivity contribution in [3.05, 3.63) is 23.8 Å². The van der Waals surface area contributed by atoms with Crippen molar-refractivity contribution in [1.82, 2.24) is 5.32 Å². The van der Waals surface area contributed by atoms with Gasteiger partial charge in [0.1, 0.15) is 0 Å². The van der Waals surface area contributed by atoms with Crippen molar-refractivity contribution in [3.8, 4) is 0 Å². The highest BCUT2D eigenvalue weighted by Gasteiger charge is 2.24. The molecule has 2 rings (SSSR count). The lowest BCUT2D eigenvalue weighted by Crippen LogP contribution is -2.35. The van der Waals surface area contributed by atoms with E-state index in [9.17, 15) is 9.59 Å². The smallest absolute Gasteiger partial charge is 0.251 e. The number of benzene rings is 1. The number of hydrogen-bond acceptors (Lipinski definition) is 3. The van der Waals surface area contributed by atoms with Crippen LogP contribution in [-0.4, -0.2) is 30.7 Å². The van der Waals surface area contributed by atoms with E-state index in [0.717, 1.165) is 17.0 Å². The average Bonchev–Trinajstić information content (AvgIpc) is 2.46. The number of fused-ring (bicyclic) bond motifs is 1. The molecule has 114 valence electrons. The highest BCUT2D eigenvalue weighted by molar-refractivity contribution is 8.00. The highest BCUT2D eigenvalue weighted by Crippen LogP contribution is 2.35. The minimum atomic E-state index is -0.0717. The second-order valence-electron chi connectivity index (χ2n) is 5.55. The molecule has 1 heterocycles. The molecule has 0 spiro atoms. The Balaban J connectivity index is 2.14. The number of amides is 2. The summed E-state index contributed by atoms with van der Waals surface area (Å²) in [5.41, 5.74) is 1.47. The second kappa shape index (κ2) is 6.98. The van der Waals surface area contributed by atoms with Gasteiger partial charge in [-0.05, 0) is 37.5 Å². The first kappa shape index (κ1) is 15.9. The number of carbonyl (C=O) groups excluding carboxylic acids is 2. The number of rotatable bonds is 5. The zero-order valence-corrected chi connectivity index (χ0v) is 13.6. The predicted molar refractivity (Wildman–Crippen MR) is 87.0 cm³/mol. The summed E-state index contributed by atoms with van der Waals surface area (Å²) in [6, 6.07) is 5.60. The Labute approximate surface area is 130 Å². The first-order valence-corrected chi connectivity index (χ1v) is 8.37. The standard InChI is InChI=1S/C16H22N2O2S/c1-4-18-13-9-12(16(20)17-8-7-11(2)3)5-6-14(13)21-10-15(18)19/h5-6,9,11H,4,7-8,10H2,1-3H3,(H,17,20). The molecule has 0 bridgehead atoms. The van der Waals surface area contributed by atoms with Gasteiger partial charge in [0.05, 0.1) is 11.4 Å². The minimum absolute atomic E-state index is 0.0717. The number of nitrogens with zero attached hydrogens (tertiary/aromatic N) is 1. The van der Waals surface area contributed by atoms with Gasteiger partial charge in [-0.3, -0.25) is 9.59 Å². The molecule has 2 amide bonds. The molecule has 1 aliphatic rings. The van der Waals surface area contributed by atoms with Crippen LogP contribution >= 0.6 is 11.8 Å². The van der Waals surface area contributed by atoms with E-state index in [0.29, 0.717) is 30.3 Å². The van der Waals surface area contributed by atoms with Crippen LogP contribution in [0.4, 0.5) is 5.69 Å². The maximum absolute atomic E-state index is 12.2. The molecular formula is C16H22N2O2S. The molecule has 4 nitrogen and oxygen atoms in total. The molecule has 1 aliphatic heterocycles. The molecule has 1 aromatic rings. The van der Waals surface area contributed by atoms with Crippen LogP contribution in [0.3, 0.4) is 0 Å². The van der Waals surface area contributed by atoms with Gasteiger partial charge < -0.3 is 10.2 Å². The van der Waals surface area contributed by atoms with Crippen molar-refractivity contribution >= 4 is 29.3 Å². The quantitative estimate of drug-likeness (QED) is 0.910. The SMILES string of the molecule is CCN1C(=O)CSc2ccc(C(=O)NCCC(C)C)cc21. The van der Waals surface area contributed by atoms with E-state index in [1.165, 1.54) is 11.8 Å². The molecule has 0 fully saturated rings. The lowest BCUT2D eigenvalue weighted by atomic mass is 10.1. The summed E-state index contributed by atoms with van der Waals surface area (Å²) in [5, 5.41) is 2.93. The molecule has 0 unspecified atom stereocenters. The molecule has 21 heavy (non-hydrogen) atoms. The molecule has 0 atom stereocenters.